The van der Waals surface area contributed by atoms with Gasteiger partial charge in [0.25, 0.3) is 5.69 Å². The third-order valence-electron chi connectivity index (χ3n) is 3.84. The second-order valence-electron chi connectivity index (χ2n) is 5.76. The maximum atomic E-state index is 11.6. The summed E-state index contributed by atoms with van der Waals surface area (Å²) in [6.07, 6.45) is 1.01. The molecule has 1 atom stereocenters. The standard InChI is InChI=1S/C17H16N2O5S/c1-11(17-9-12-5-3-4-6-16(12)24-17)18-14-8-7-13(25(2,22)23)10-15(14)19(20)21/h3-11,18H,1-2H3/t11-/m1/s1. The minimum absolute atomic E-state index is 0.0962. The van der Waals surface area contributed by atoms with E-state index < -0.39 is 14.8 Å². The molecular formula is C17H16N2O5S. The van der Waals surface area contributed by atoms with Crippen LogP contribution >= 0.6 is 0 Å². The molecule has 0 aliphatic heterocycles. The summed E-state index contributed by atoms with van der Waals surface area (Å²) in [7, 11) is -3.52. The molecule has 0 radical (unpaired) electrons. The van der Waals surface area contributed by atoms with Crippen molar-refractivity contribution in [3.05, 3.63) is 64.4 Å². The Labute approximate surface area is 144 Å². The highest BCUT2D eigenvalue weighted by Crippen LogP contribution is 2.32. The minimum atomic E-state index is -3.52. The molecule has 0 fully saturated rings. The van der Waals surface area contributed by atoms with Gasteiger partial charge in [-0.1, -0.05) is 18.2 Å². The van der Waals surface area contributed by atoms with Gasteiger partial charge in [-0.15, -0.1) is 0 Å². The first-order valence-electron chi connectivity index (χ1n) is 7.49. The summed E-state index contributed by atoms with van der Waals surface area (Å²) >= 11 is 0. The van der Waals surface area contributed by atoms with Crippen LogP contribution < -0.4 is 5.32 Å². The Morgan fingerprint density at radius 3 is 2.52 bits per heavy atom. The third-order valence-corrected chi connectivity index (χ3v) is 4.95. The quantitative estimate of drug-likeness (QED) is 0.546. The van der Waals surface area contributed by atoms with Crippen LogP contribution in [-0.2, 0) is 9.84 Å². The van der Waals surface area contributed by atoms with E-state index >= 15 is 0 Å². The Balaban J connectivity index is 1.94. The van der Waals surface area contributed by atoms with E-state index in [0.29, 0.717) is 5.76 Å². The lowest BCUT2D eigenvalue weighted by molar-refractivity contribution is -0.384. The van der Waals surface area contributed by atoms with Crippen LogP contribution in [0.4, 0.5) is 11.4 Å². The van der Waals surface area contributed by atoms with Crippen molar-refractivity contribution in [3.8, 4) is 0 Å². The fourth-order valence-electron chi connectivity index (χ4n) is 2.54. The van der Waals surface area contributed by atoms with Crippen LogP contribution in [-0.4, -0.2) is 19.6 Å². The van der Waals surface area contributed by atoms with Gasteiger partial charge in [0, 0.05) is 17.7 Å². The summed E-state index contributed by atoms with van der Waals surface area (Å²) in [4.78, 5) is 10.6. The Hall–Kier alpha value is -2.87. The smallest absolute Gasteiger partial charge is 0.293 e. The number of sulfone groups is 1. The van der Waals surface area contributed by atoms with Gasteiger partial charge >= 0.3 is 0 Å². The number of para-hydroxylation sites is 1. The number of nitro groups is 1. The Morgan fingerprint density at radius 2 is 1.88 bits per heavy atom. The molecule has 1 N–H and O–H groups in total. The molecule has 7 nitrogen and oxygen atoms in total. The molecule has 0 aliphatic carbocycles. The van der Waals surface area contributed by atoms with Crippen molar-refractivity contribution in [3.63, 3.8) is 0 Å². The molecule has 0 amide bonds. The number of nitro benzene ring substituents is 1. The van der Waals surface area contributed by atoms with Crippen molar-refractivity contribution in [2.24, 2.45) is 0 Å². The van der Waals surface area contributed by atoms with Crippen LogP contribution in [0, 0.1) is 10.1 Å². The summed E-state index contributed by atoms with van der Waals surface area (Å²) in [6, 6.07) is 12.8. The highest BCUT2D eigenvalue weighted by molar-refractivity contribution is 7.90. The number of rotatable bonds is 5. The number of anilines is 1. The SMILES string of the molecule is C[C@@H](Nc1ccc(S(C)(=O)=O)cc1[N+](=O)[O-])c1cc2ccccc2o1. The monoisotopic (exact) mass is 360 g/mol. The predicted molar refractivity (Wildman–Crippen MR) is 94.5 cm³/mol. The van der Waals surface area contributed by atoms with E-state index in [1.54, 1.807) is 0 Å². The van der Waals surface area contributed by atoms with E-state index in [2.05, 4.69) is 5.32 Å². The average Bonchev–Trinajstić information content (AvgIpc) is 2.98. The molecule has 0 saturated carbocycles. The number of nitrogens with one attached hydrogen (secondary N) is 1. The van der Waals surface area contributed by atoms with Gasteiger partial charge in [0.05, 0.1) is 15.9 Å². The summed E-state index contributed by atoms with van der Waals surface area (Å²) in [5, 5.41) is 15.3. The average molecular weight is 360 g/mol. The van der Waals surface area contributed by atoms with Crippen molar-refractivity contribution in [2.75, 3.05) is 11.6 Å². The molecule has 0 spiro atoms. The van der Waals surface area contributed by atoms with Gasteiger partial charge in [0.15, 0.2) is 9.84 Å². The van der Waals surface area contributed by atoms with E-state index in [9.17, 15) is 18.5 Å². The van der Waals surface area contributed by atoms with Crippen LogP contribution in [0.15, 0.2) is 57.8 Å². The molecule has 2 aromatic carbocycles. The number of benzene rings is 2. The molecule has 130 valence electrons. The van der Waals surface area contributed by atoms with E-state index in [-0.39, 0.29) is 22.3 Å². The molecule has 1 heterocycles. The lowest BCUT2D eigenvalue weighted by Gasteiger charge is -2.13. The molecule has 0 saturated heterocycles. The van der Waals surface area contributed by atoms with Gasteiger partial charge < -0.3 is 9.73 Å². The predicted octanol–water partition coefficient (Wildman–Crippen LogP) is 3.92. The maximum Gasteiger partial charge on any atom is 0.293 e. The molecular weight excluding hydrogens is 344 g/mol. The van der Waals surface area contributed by atoms with Crippen LogP contribution in [0.2, 0.25) is 0 Å². The molecule has 25 heavy (non-hydrogen) atoms. The van der Waals surface area contributed by atoms with Crippen molar-refractivity contribution in [1.29, 1.82) is 0 Å². The van der Waals surface area contributed by atoms with Crippen molar-refractivity contribution < 1.29 is 17.8 Å². The van der Waals surface area contributed by atoms with Crippen LogP contribution in [0.25, 0.3) is 11.0 Å². The van der Waals surface area contributed by atoms with Gasteiger partial charge in [-0.2, -0.15) is 0 Å². The highest BCUT2D eigenvalue weighted by Gasteiger charge is 2.21. The number of fused-ring (bicyclic) bond motifs is 1. The number of furan rings is 1. The second-order valence-corrected chi connectivity index (χ2v) is 7.78. The largest absolute Gasteiger partial charge is 0.459 e. The van der Waals surface area contributed by atoms with Gasteiger partial charge in [0.2, 0.25) is 0 Å². The molecule has 1 aromatic heterocycles. The zero-order valence-electron chi connectivity index (χ0n) is 13.6. The van der Waals surface area contributed by atoms with Gasteiger partial charge in [0.1, 0.15) is 17.0 Å². The highest BCUT2D eigenvalue weighted by atomic mass is 32.2. The zero-order chi connectivity index (χ0) is 18.2. The van der Waals surface area contributed by atoms with E-state index in [1.807, 2.05) is 37.3 Å². The molecule has 0 aliphatic rings. The van der Waals surface area contributed by atoms with E-state index in [0.717, 1.165) is 23.3 Å². The number of hydrogen-bond donors (Lipinski definition) is 1. The maximum absolute atomic E-state index is 11.6. The van der Waals surface area contributed by atoms with Gasteiger partial charge in [-0.05, 0) is 31.2 Å². The first kappa shape index (κ1) is 17.0. The van der Waals surface area contributed by atoms with Crippen molar-refractivity contribution >= 4 is 32.2 Å². The number of nitrogens with zero attached hydrogens (tertiary/aromatic N) is 1. The molecule has 3 aromatic rings. The van der Waals surface area contributed by atoms with Crippen LogP contribution in [0.3, 0.4) is 0 Å². The van der Waals surface area contributed by atoms with Gasteiger partial charge in [-0.3, -0.25) is 10.1 Å². The fourth-order valence-corrected chi connectivity index (χ4v) is 3.18. The number of hydrogen-bond acceptors (Lipinski definition) is 6. The summed E-state index contributed by atoms with van der Waals surface area (Å²) < 4.78 is 29.0. The molecule has 0 unspecified atom stereocenters. The van der Waals surface area contributed by atoms with E-state index in [4.69, 9.17) is 4.42 Å². The van der Waals surface area contributed by atoms with Crippen molar-refractivity contribution in [1.82, 2.24) is 0 Å². The second kappa shape index (κ2) is 6.21. The minimum Gasteiger partial charge on any atom is -0.459 e. The lowest BCUT2D eigenvalue weighted by atomic mass is 10.2. The molecule has 0 bridgehead atoms. The fraction of sp³-hybridized carbons (Fsp3) is 0.176. The van der Waals surface area contributed by atoms with Crippen LogP contribution in [0.1, 0.15) is 18.7 Å². The third kappa shape index (κ3) is 3.48. The summed E-state index contributed by atoms with van der Waals surface area (Å²) in [6.45, 7) is 1.81. The van der Waals surface area contributed by atoms with Gasteiger partial charge in [-0.25, -0.2) is 8.42 Å². The van der Waals surface area contributed by atoms with Crippen LogP contribution in [0.5, 0.6) is 0 Å². The zero-order valence-corrected chi connectivity index (χ0v) is 14.4. The first-order chi connectivity index (χ1) is 11.8. The topological polar surface area (TPSA) is 102 Å². The Morgan fingerprint density at radius 1 is 1.16 bits per heavy atom. The lowest BCUT2D eigenvalue weighted by Crippen LogP contribution is -2.08. The van der Waals surface area contributed by atoms with Crippen molar-refractivity contribution in [2.45, 2.75) is 17.9 Å². The Kier molecular flexibility index (Phi) is 4.22. The first-order valence-corrected chi connectivity index (χ1v) is 9.38. The Bertz CT molecular complexity index is 1020. The summed E-state index contributed by atoms with van der Waals surface area (Å²) in [5.74, 6) is 0.627. The molecule has 3 rings (SSSR count). The normalized spacial score (nSPS) is 12.9. The molecule has 8 heteroatoms. The summed E-state index contributed by atoms with van der Waals surface area (Å²) in [5.41, 5.74) is 0.657. The van der Waals surface area contributed by atoms with E-state index in [1.165, 1.54) is 12.1 Å².